The number of methoxy groups -OCH3 is 1. The van der Waals surface area contributed by atoms with Gasteiger partial charge in [0.15, 0.2) is 0 Å². The molecule has 1 fully saturated rings. The van der Waals surface area contributed by atoms with Gasteiger partial charge in [0.1, 0.15) is 11.6 Å². The zero-order chi connectivity index (χ0) is 18.6. The van der Waals surface area contributed by atoms with Gasteiger partial charge in [-0.2, -0.15) is 0 Å². The van der Waals surface area contributed by atoms with Gasteiger partial charge in [-0.1, -0.05) is 12.8 Å². The Labute approximate surface area is 155 Å². The molecule has 6 nitrogen and oxygen atoms in total. The normalized spacial score (nSPS) is 15.4. The molecule has 1 aliphatic rings. The van der Waals surface area contributed by atoms with Crippen molar-refractivity contribution in [3.8, 4) is 5.75 Å². The number of aromatic nitrogens is 1. The number of nitrogens with zero attached hydrogens (tertiary/aromatic N) is 2. The predicted octanol–water partition coefficient (Wildman–Crippen LogP) is 3.58. The third-order valence-electron chi connectivity index (χ3n) is 4.61. The average molecular weight is 375 g/mol. The molecule has 2 aromatic rings. The fraction of sp³-hybridized carbons (Fsp3) is 0.421. The van der Waals surface area contributed by atoms with Gasteiger partial charge < -0.3 is 9.64 Å². The first-order valence-corrected chi connectivity index (χ1v) is 10.4. The summed E-state index contributed by atoms with van der Waals surface area (Å²) >= 11 is 0. The van der Waals surface area contributed by atoms with Crippen molar-refractivity contribution in [1.29, 1.82) is 0 Å². The van der Waals surface area contributed by atoms with Crippen LogP contribution in [0.4, 0.5) is 11.5 Å². The van der Waals surface area contributed by atoms with Crippen molar-refractivity contribution >= 4 is 21.5 Å². The molecular weight excluding hydrogens is 350 g/mol. The number of nitrogens with one attached hydrogen (secondary N) is 1. The van der Waals surface area contributed by atoms with Crippen LogP contribution in [0, 0.1) is 6.92 Å². The molecule has 0 atom stereocenters. The van der Waals surface area contributed by atoms with E-state index < -0.39 is 10.0 Å². The van der Waals surface area contributed by atoms with Crippen LogP contribution in [0.15, 0.2) is 41.4 Å². The maximum atomic E-state index is 12.6. The lowest BCUT2D eigenvalue weighted by Crippen LogP contribution is -2.24. The van der Waals surface area contributed by atoms with Crippen molar-refractivity contribution in [3.63, 3.8) is 0 Å². The lowest BCUT2D eigenvalue weighted by atomic mass is 10.2. The third-order valence-corrected chi connectivity index (χ3v) is 5.99. The molecule has 0 radical (unpaired) electrons. The smallest absolute Gasteiger partial charge is 0.261 e. The highest BCUT2D eigenvalue weighted by atomic mass is 32.2. The molecule has 1 saturated heterocycles. The Kier molecular flexibility index (Phi) is 5.66. The molecule has 1 N–H and O–H groups in total. The van der Waals surface area contributed by atoms with Gasteiger partial charge in [-0.05, 0) is 55.7 Å². The molecule has 1 aromatic carbocycles. The zero-order valence-electron chi connectivity index (χ0n) is 15.2. The maximum Gasteiger partial charge on any atom is 0.261 e. The molecule has 0 amide bonds. The minimum Gasteiger partial charge on any atom is -0.496 e. The summed E-state index contributed by atoms with van der Waals surface area (Å²) in [6, 6.07) is 8.43. The number of rotatable bonds is 5. The first-order chi connectivity index (χ1) is 12.5. The Bertz CT molecular complexity index is 843. The Morgan fingerprint density at radius 1 is 1.08 bits per heavy atom. The van der Waals surface area contributed by atoms with Crippen LogP contribution < -0.4 is 14.4 Å². The number of benzene rings is 1. The predicted molar refractivity (Wildman–Crippen MR) is 103 cm³/mol. The molecule has 140 valence electrons. The fourth-order valence-electron chi connectivity index (χ4n) is 3.17. The van der Waals surface area contributed by atoms with Crippen molar-refractivity contribution < 1.29 is 13.2 Å². The van der Waals surface area contributed by atoms with Crippen LogP contribution in [0.3, 0.4) is 0 Å². The molecule has 0 unspecified atom stereocenters. The minimum absolute atomic E-state index is 0.201. The summed E-state index contributed by atoms with van der Waals surface area (Å²) in [6.45, 7) is 3.82. The van der Waals surface area contributed by atoms with Crippen LogP contribution in [-0.4, -0.2) is 33.6 Å². The van der Waals surface area contributed by atoms with Crippen LogP contribution in [0.1, 0.15) is 31.2 Å². The van der Waals surface area contributed by atoms with E-state index in [1.54, 1.807) is 31.5 Å². The van der Waals surface area contributed by atoms with Crippen LogP contribution in [0.25, 0.3) is 0 Å². The number of pyridine rings is 1. The number of aryl methyl sites for hydroxylation is 1. The summed E-state index contributed by atoms with van der Waals surface area (Å²) in [5.41, 5.74) is 1.22. The standard InChI is InChI=1S/C19H25N3O3S/c1-15-13-17(8-9-18(15)25-2)26(23,24)21-16-7-10-19(20-14-16)22-11-5-3-4-6-12-22/h7-10,13-14,21H,3-6,11-12H2,1-2H3. The number of hydrogen-bond acceptors (Lipinski definition) is 5. The summed E-state index contributed by atoms with van der Waals surface area (Å²) in [5, 5.41) is 0. The van der Waals surface area contributed by atoms with E-state index in [1.165, 1.54) is 31.7 Å². The molecule has 0 bridgehead atoms. The van der Waals surface area contributed by atoms with Crippen molar-refractivity contribution in [1.82, 2.24) is 4.98 Å². The van der Waals surface area contributed by atoms with Crippen molar-refractivity contribution in [2.75, 3.05) is 29.8 Å². The molecule has 1 aromatic heterocycles. The molecule has 0 aliphatic carbocycles. The van der Waals surface area contributed by atoms with Crippen LogP contribution in [0.5, 0.6) is 5.75 Å². The fourth-order valence-corrected chi connectivity index (χ4v) is 4.29. The first kappa shape index (κ1) is 18.5. The molecule has 2 heterocycles. The summed E-state index contributed by atoms with van der Waals surface area (Å²) in [7, 11) is -2.10. The van der Waals surface area contributed by atoms with E-state index in [2.05, 4.69) is 14.6 Å². The van der Waals surface area contributed by atoms with Crippen LogP contribution in [-0.2, 0) is 10.0 Å². The molecule has 0 saturated carbocycles. The Hall–Kier alpha value is -2.28. The highest BCUT2D eigenvalue weighted by Gasteiger charge is 2.17. The third kappa shape index (κ3) is 4.27. The highest BCUT2D eigenvalue weighted by Crippen LogP contribution is 2.24. The topological polar surface area (TPSA) is 71.5 Å². The maximum absolute atomic E-state index is 12.6. The molecule has 1 aliphatic heterocycles. The summed E-state index contributed by atoms with van der Waals surface area (Å²) in [6.07, 6.45) is 6.44. The Morgan fingerprint density at radius 2 is 1.81 bits per heavy atom. The van der Waals surface area contributed by atoms with Crippen molar-refractivity contribution in [2.24, 2.45) is 0 Å². The lowest BCUT2D eigenvalue weighted by molar-refractivity contribution is 0.411. The number of anilines is 2. The largest absolute Gasteiger partial charge is 0.496 e. The van der Waals surface area contributed by atoms with E-state index in [0.717, 1.165) is 24.5 Å². The molecule has 0 spiro atoms. The van der Waals surface area contributed by atoms with Gasteiger partial charge in [0.2, 0.25) is 0 Å². The van der Waals surface area contributed by atoms with Crippen molar-refractivity contribution in [2.45, 2.75) is 37.5 Å². The van der Waals surface area contributed by atoms with E-state index in [9.17, 15) is 8.42 Å². The number of hydrogen-bond donors (Lipinski definition) is 1. The molecule has 26 heavy (non-hydrogen) atoms. The van der Waals surface area contributed by atoms with Gasteiger partial charge in [0.25, 0.3) is 10.0 Å². The van der Waals surface area contributed by atoms with Gasteiger partial charge in [0.05, 0.1) is 23.9 Å². The van der Waals surface area contributed by atoms with Gasteiger partial charge in [-0.25, -0.2) is 13.4 Å². The molecule has 7 heteroatoms. The highest BCUT2D eigenvalue weighted by molar-refractivity contribution is 7.92. The summed E-state index contributed by atoms with van der Waals surface area (Å²) in [5.74, 6) is 1.56. The second-order valence-electron chi connectivity index (χ2n) is 6.54. The van der Waals surface area contributed by atoms with E-state index >= 15 is 0 Å². The van der Waals surface area contributed by atoms with Crippen molar-refractivity contribution in [3.05, 3.63) is 42.1 Å². The molecular formula is C19H25N3O3S. The second-order valence-corrected chi connectivity index (χ2v) is 8.23. The van der Waals surface area contributed by atoms with Crippen LogP contribution in [0.2, 0.25) is 0 Å². The SMILES string of the molecule is COc1ccc(S(=O)(=O)Nc2ccc(N3CCCCCC3)nc2)cc1C. The van der Waals surface area contributed by atoms with E-state index in [4.69, 9.17) is 4.74 Å². The number of ether oxygens (including phenoxy) is 1. The quantitative estimate of drug-likeness (QED) is 0.865. The lowest BCUT2D eigenvalue weighted by Gasteiger charge is -2.21. The monoisotopic (exact) mass is 375 g/mol. The van der Waals surface area contributed by atoms with Crippen LogP contribution >= 0.6 is 0 Å². The van der Waals surface area contributed by atoms with E-state index in [-0.39, 0.29) is 4.90 Å². The van der Waals surface area contributed by atoms with Gasteiger partial charge in [-0.3, -0.25) is 4.72 Å². The zero-order valence-corrected chi connectivity index (χ0v) is 16.1. The van der Waals surface area contributed by atoms with Gasteiger partial charge in [0, 0.05) is 13.1 Å². The summed E-state index contributed by atoms with van der Waals surface area (Å²) < 4.78 is 33.0. The minimum atomic E-state index is -3.66. The molecule has 3 rings (SSSR count). The first-order valence-electron chi connectivity index (χ1n) is 8.88. The average Bonchev–Trinajstić information content (AvgIpc) is 2.91. The van der Waals surface area contributed by atoms with Gasteiger partial charge >= 0.3 is 0 Å². The summed E-state index contributed by atoms with van der Waals surface area (Å²) in [4.78, 5) is 6.91. The Morgan fingerprint density at radius 3 is 2.38 bits per heavy atom. The second kappa shape index (κ2) is 7.95. The van der Waals surface area contributed by atoms with E-state index in [1.807, 2.05) is 13.0 Å². The Balaban J connectivity index is 1.74. The number of sulfonamides is 1. The van der Waals surface area contributed by atoms with E-state index in [0.29, 0.717) is 11.4 Å². The van der Waals surface area contributed by atoms with Gasteiger partial charge in [-0.15, -0.1) is 0 Å².